The Hall–Kier alpha value is -3.27. The lowest BCUT2D eigenvalue weighted by atomic mass is 10.1. The van der Waals surface area contributed by atoms with Gasteiger partial charge in [0.05, 0.1) is 0 Å². The summed E-state index contributed by atoms with van der Waals surface area (Å²) in [5, 5.41) is 2.90. The van der Waals surface area contributed by atoms with E-state index in [-0.39, 0.29) is 18.3 Å². The number of anilines is 1. The van der Waals surface area contributed by atoms with Gasteiger partial charge in [0, 0.05) is 5.69 Å². The summed E-state index contributed by atoms with van der Waals surface area (Å²) in [5.74, 6) is 1.36. The summed E-state index contributed by atoms with van der Waals surface area (Å²) in [4.78, 5) is 12.4. The summed E-state index contributed by atoms with van der Waals surface area (Å²) < 4.78 is 11.5. The summed E-state index contributed by atoms with van der Waals surface area (Å²) in [7, 11) is 0. The number of hydrogen-bond donors (Lipinski definition) is 1. The number of aryl methyl sites for hydroxylation is 2. The molecule has 3 aromatic rings. The standard InChI is InChI=1S/C23H23NO3/c1-4-7-18-8-5-6-9-21(18)26-15-19-12-13-22(27-19)23(25)24-20-14-16(2)10-11-17(20)3/h4-6,8-14H,1,7,15H2,2-3H3,(H,24,25). The Bertz CT molecular complexity index is 956. The number of benzene rings is 2. The van der Waals surface area contributed by atoms with Gasteiger partial charge < -0.3 is 14.5 Å². The third kappa shape index (κ3) is 4.67. The zero-order valence-electron chi connectivity index (χ0n) is 15.6. The van der Waals surface area contributed by atoms with Gasteiger partial charge in [0.1, 0.15) is 18.1 Å². The van der Waals surface area contributed by atoms with Crippen LogP contribution in [0.2, 0.25) is 0 Å². The van der Waals surface area contributed by atoms with Crippen LogP contribution in [-0.4, -0.2) is 5.91 Å². The average molecular weight is 361 g/mol. The van der Waals surface area contributed by atoms with Crippen molar-refractivity contribution in [2.45, 2.75) is 26.9 Å². The van der Waals surface area contributed by atoms with Gasteiger partial charge >= 0.3 is 0 Å². The van der Waals surface area contributed by atoms with Crippen molar-refractivity contribution in [2.24, 2.45) is 0 Å². The second-order valence-electron chi connectivity index (χ2n) is 6.43. The van der Waals surface area contributed by atoms with Crippen molar-refractivity contribution < 1.29 is 13.9 Å². The first-order valence-corrected chi connectivity index (χ1v) is 8.85. The highest BCUT2D eigenvalue weighted by Gasteiger charge is 2.13. The molecule has 0 spiro atoms. The average Bonchev–Trinajstić information content (AvgIpc) is 3.13. The molecule has 4 nitrogen and oxygen atoms in total. The molecule has 0 aliphatic heterocycles. The van der Waals surface area contributed by atoms with E-state index in [2.05, 4.69) is 11.9 Å². The molecule has 4 heteroatoms. The van der Waals surface area contributed by atoms with Crippen molar-refractivity contribution in [2.75, 3.05) is 5.32 Å². The first-order valence-electron chi connectivity index (χ1n) is 8.85. The van der Waals surface area contributed by atoms with Gasteiger partial charge in [-0.3, -0.25) is 4.79 Å². The normalized spacial score (nSPS) is 10.4. The number of carbonyl (C=O) groups is 1. The number of hydrogen-bond acceptors (Lipinski definition) is 3. The SMILES string of the molecule is C=CCc1ccccc1OCc1ccc(C(=O)Nc2cc(C)ccc2C)o1. The van der Waals surface area contributed by atoms with Crippen molar-refractivity contribution in [3.8, 4) is 5.75 Å². The number of allylic oxidation sites excluding steroid dienone is 1. The maximum atomic E-state index is 12.4. The number of ether oxygens (including phenoxy) is 1. The third-order valence-electron chi connectivity index (χ3n) is 4.23. The molecule has 0 unspecified atom stereocenters. The molecule has 0 aliphatic carbocycles. The second kappa shape index (κ2) is 8.41. The van der Waals surface area contributed by atoms with Gasteiger partial charge in [-0.05, 0) is 61.2 Å². The van der Waals surface area contributed by atoms with Crippen molar-refractivity contribution in [1.29, 1.82) is 0 Å². The molecule has 0 radical (unpaired) electrons. The number of furan rings is 1. The Morgan fingerprint density at radius 3 is 2.78 bits per heavy atom. The Labute approximate surface area is 159 Å². The molecular weight excluding hydrogens is 338 g/mol. The zero-order chi connectivity index (χ0) is 19.2. The highest BCUT2D eigenvalue weighted by atomic mass is 16.5. The van der Waals surface area contributed by atoms with Crippen LogP contribution in [-0.2, 0) is 13.0 Å². The maximum Gasteiger partial charge on any atom is 0.291 e. The maximum absolute atomic E-state index is 12.4. The van der Waals surface area contributed by atoms with E-state index in [0.717, 1.165) is 34.5 Å². The minimum Gasteiger partial charge on any atom is -0.485 e. The molecule has 0 saturated carbocycles. The van der Waals surface area contributed by atoms with Crippen LogP contribution in [0, 0.1) is 13.8 Å². The Balaban J connectivity index is 1.65. The number of nitrogens with one attached hydrogen (secondary N) is 1. The molecule has 3 rings (SSSR count). The molecule has 27 heavy (non-hydrogen) atoms. The largest absolute Gasteiger partial charge is 0.485 e. The lowest BCUT2D eigenvalue weighted by Crippen LogP contribution is -2.12. The molecular formula is C23H23NO3. The monoisotopic (exact) mass is 361 g/mol. The quantitative estimate of drug-likeness (QED) is 0.569. The molecule has 1 amide bonds. The summed E-state index contributed by atoms with van der Waals surface area (Å²) in [6.07, 6.45) is 2.57. The fraction of sp³-hybridized carbons (Fsp3) is 0.174. The van der Waals surface area contributed by atoms with E-state index in [0.29, 0.717) is 5.76 Å². The minimum atomic E-state index is -0.276. The molecule has 0 atom stereocenters. The predicted octanol–water partition coefficient (Wildman–Crippen LogP) is 5.46. The number of rotatable bonds is 7. The first-order chi connectivity index (χ1) is 13.1. The lowest BCUT2D eigenvalue weighted by Gasteiger charge is -2.09. The van der Waals surface area contributed by atoms with Gasteiger partial charge in [-0.25, -0.2) is 0 Å². The molecule has 1 aromatic heterocycles. The van der Waals surface area contributed by atoms with Gasteiger partial charge in [0.15, 0.2) is 5.76 Å². The zero-order valence-corrected chi connectivity index (χ0v) is 15.6. The van der Waals surface area contributed by atoms with Crippen LogP contribution in [0.5, 0.6) is 5.75 Å². The summed E-state index contributed by atoms with van der Waals surface area (Å²) in [6.45, 7) is 7.96. The molecule has 1 heterocycles. The van der Waals surface area contributed by atoms with Gasteiger partial charge in [0.25, 0.3) is 5.91 Å². The summed E-state index contributed by atoms with van der Waals surface area (Å²) >= 11 is 0. The van der Waals surface area contributed by atoms with Crippen LogP contribution in [0.15, 0.2) is 71.7 Å². The van der Waals surface area contributed by atoms with Gasteiger partial charge in [-0.15, -0.1) is 6.58 Å². The van der Waals surface area contributed by atoms with E-state index >= 15 is 0 Å². The molecule has 0 aliphatic rings. The van der Waals surface area contributed by atoms with E-state index in [1.165, 1.54) is 0 Å². The van der Waals surface area contributed by atoms with E-state index < -0.39 is 0 Å². The van der Waals surface area contributed by atoms with Gasteiger partial charge in [-0.2, -0.15) is 0 Å². The molecule has 2 aromatic carbocycles. The van der Waals surface area contributed by atoms with E-state index in [1.807, 2.05) is 62.4 Å². The van der Waals surface area contributed by atoms with Crippen LogP contribution >= 0.6 is 0 Å². The van der Waals surface area contributed by atoms with E-state index in [4.69, 9.17) is 9.15 Å². The highest BCUT2D eigenvalue weighted by Crippen LogP contribution is 2.22. The topological polar surface area (TPSA) is 51.5 Å². The number of para-hydroxylation sites is 1. The first kappa shape index (κ1) is 18.5. The fourth-order valence-electron chi connectivity index (χ4n) is 2.75. The summed E-state index contributed by atoms with van der Waals surface area (Å²) in [5.41, 5.74) is 3.94. The van der Waals surface area contributed by atoms with Crippen LogP contribution in [0.3, 0.4) is 0 Å². The molecule has 0 bridgehead atoms. The van der Waals surface area contributed by atoms with Gasteiger partial charge in [-0.1, -0.05) is 36.4 Å². The van der Waals surface area contributed by atoms with Crippen molar-refractivity contribution >= 4 is 11.6 Å². The minimum absolute atomic E-state index is 0.255. The molecule has 0 fully saturated rings. The number of amides is 1. The Kier molecular flexibility index (Phi) is 5.77. The molecule has 1 N–H and O–H groups in total. The Morgan fingerprint density at radius 1 is 1.15 bits per heavy atom. The van der Waals surface area contributed by atoms with Crippen molar-refractivity contribution in [3.63, 3.8) is 0 Å². The van der Waals surface area contributed by atoms with Crippen molar-refractivity contribution in [3.05, 3.63) is 95.5 Å². The fourth-order valence-corrected chi connectivity index (χ4v) is 2.75. The Morgan fingerprint density at radius 2 is 1.96 bits per heavy atom. The lowest BCUT2D eigenvalue weighted by molar-refractivity contribution is 0.0992. The predicted molar refractivity (Wildman–Crippen MR) is 107 cm³/mol. The van der Waals surface area contributed by atoms with E-state index in [1.54, 1.807) is 12.1 Å². The smallest absolute Gasteiger partial charge is 0.291 e. The molecule has 0 saturated heterocycles. The van der Waals surface area contributed by atoms with E-state index in [9.17, 15) is 4.79 Å². The summed E-state index contributed by atoms with van der Waals surface area (Å²) in [6, 6.07) is 17.2. The van der Waals surface area contributed by atoms with Crippen LogP contribution in [0.4, 0.5) is 5.69 Å². The highest BCUT2D eigenvalue weighted by molar-refractivity contribution is 6.02. The third-order valence-corrected chi connectivity index (χ3v) is 4.23. The van der Waals surface area contributed by atoms with Crippen LogP contribution in [0.1, 0.15) is 33.0 Å². The van der Waals surface area contributed by atoms with Crippen LogP contribution < -0.4 is 10.1 Å². The second-order valence-corrected chi connectivity index (χ2v) is 6.43. The van der Waals surface area contributed by atoms with Crippen LogP contribution in [0.25, 0.3) is 0 Å². The van der Waals surface area contributed by atoms with Gasteiger partial charge in [0.2, 0.25) is 0 Å². The van der Waals surface area contributed by atoms with Crippen molar-refractivity contribution in [1.82, 2.24) is 0 Å². The number of carbonyl (C=O) groups excluding carboxylic acids is 1. The molecule has 138 valence electrons.